The molecule has 0 bridgehead atoms. The van der Waals surface area contributed by atoms with Crippen LogP contribution < -0.4 is 4.90 Å². The third-order valence-corrected chi connectivity index (χ3v) is 6.86. The molecule has 2 aromatic rings. The maximum absolute atomic E-state index is 8.96. The molecule has 0 unspecified atom stereocenters. The maximum atomic E-state index is 8.96. The molecule has 1 fully saturated rings. The summed E-state index contributed by atoms with van der Waals surface area (Å²) in [5, 5.41) is 9.89. The van der Waals surface area contributed by atoms with Gasteiger partial charge in [0.25, 0.3) is 0 Å². The SMILES string of the molecule is COCN1c2cc(CN3CCC(CCCCO)CC3)ccc2Sc2nccnc21. The first kappa shape index (κ1) is 20.6. The molecule has 1 N–H and O–H groups in total. The Balaban J connectivity index is 1.42. The van der Waals surface area contributed by atoms with Crippen LogP contribution in [0.1, 0.15) is 37.7 Å². The second kappa shape index (κ2) is 9.89. The predicted octanol–water partition coefficient (Wildman–Crippen LogP) is 4.06. The number of nitrogens with zero attached hydrogens (tertiary/aromatic N) is 4. The summed E-state index contributed by atoms with van der Waals surface area (Å²) in [7, 11) is 1.71. The molecule has 1 aromatic heterocycles. The van der Waals surface area contributed by atoms with Crippen LogP contribution in [0.4, 0.5) is 11.5 Å². The van der Waals surface area contributed by atoms with Crippen molar-refractivity contribution < 1.29 is 9.84 Å². The first-order valence-corrected chi connectivity index (χ1v) is 11.3. The minimum atomic E-state index is 0.325. The number of hydrogen-bond donors (Lipinski definition) is 1. The third kappa shape index (κ3) is 4.91. The van der Waals surface area contributed by atoms with Crippen molar-refractivity contribution in [1.82, 2.24) is 14.9 Å². The highest BCUT2D eigenvalue weighted by atomic mass is 32.2. The van der Waals surface area contributed by atoms with Crippen LogP contribution in [0.5, 0.6) is 0 Å². The number of anilines is 2. The fourth-order valence-electron chi connectivity index (χ4n) is 4.25. The van der Waals surface area contributed by atoms with Gasteiger partial charge in [-0.15, -0.1) is 0 Å². The fraction of sp³-hybridized carbons (Fsp3) is 0.545. The number of likely N-dealkylation sites (tertiary alicyclic amines) is 1. The lowest BCUT2D eigenvalue weighted by Gasteiger charge is -2.33. The van der Waals surface area contributed by atoms with Crippen LogP contribution in [0.3, 0.4) is 0 Å². The smallest absolute Gasteiger partial charge is 0.168 e. The van der Waals surface area contributed by atoms with Gasteiger partial charge in [-0.1, -0.05) is 30.7 Å². The van der Waals surface area contributed by atoms with E-state index < -0.39 is 0 Å². The summed E-state index contributed by atoms with van der Waals surface area (Å²) in [4.78, 5) is 14.9. The number of piperidine rings is 1. The Hall–Kier alpha value is -1.67. The minimum Gasteiger partial charge on any atom is -0.396 e. The van der Waals surface area contributed by atoms with Crippen LogP contribution in [-0.4, -0.2) is 53.5 Å². The molecular weight excluding hydrogens is 384 g/mol. The molecule has 2 aliphatic rings. The number of aromatic nitrogens is 2. The van der Waals surface area contributed by atoms with E-state index in [9.17, 15) is 0 Å². The van der Waals surface area contributed by atoms with Crippen LogP contribution in [0.2, 0.25) is 0 Å². The number of unbranched alkanes of at least 4 members (excludes halogenated alkanes) is 1. The van der Waals surface area contributed by atoms with Crippen molar-refractivity contribution in [3.63, 3.8) is 0 Å². The van der Waals surface area contributed by atoms with Crippen LogP contribution in [0, 0.1) is 5.92 Å². The fourth-order valence-corrected chi connectivity index (χ4v) is 5.23. The average molecular weight is 415 g/mol. The number of rotatable bonds is 8. The van der Waals surface area contributed by atoms with Gasteiger partial charge in [0.15, 0.2) is 5.82 Å². The van der Waals surface area contributed by atoms with Gasteiger partial charge in [0.1, 0.15) is 11.8 Å². The molecule has 4 rings (SSSR count). The number of methoxy groups -OCH3 is 1. The molecule has 0 atom stereocenters. The van der Waals surface area contributed by atoms with E-state index in [2.05, 4.69) is 38.0 Å². The second-order valence-corrected chi connectivity index (χ2v) is 8.90. The van der Waals surface area contributed by atoms with Gasteiger partial charge >= 0.3 is 0 Å². The molecule has 0 spiro atoms. The van der Waals surface area contributed by atoms with Gasteiger partial charge in [-0.05, 0) is 56.0 Å². The molecule has 6 nitrogen and oxygen atoms in total. The summed E-state index contributed by atoms with van der Waals surface area (Å²) in [6.45, 7) is 4.08. The van der Waals surface area contributed by atoms with Crippen molar-refractivity contribution in [2.24, 2.45) is 5.92 Å². The summed E-state index contributed by atoms with van der Waals surface area (Å²) >= 11 is 1.67. The highest BCUT2D eigenvalue weighted by Crippen LogP contribution is 2.46. The van der Waals surface area contributed by atoms with Crippen molar-refractivity contribution >= 4 is 23.3 Å². The van der Waals surface area contributed by atoms with E-state index in [1.54, 1.807) is 31.3 Å². The van der Waals surface area contributed by atoms with Gasteiger partial charge in [0, 0.05) is 37.6 Å². The van der Waals surface area contributed by atoms with Crippen molar-refractivity contribution in [1.29, 1.82) is 0 Å². The summed E-state index contributed by atoms with van der Waals surface area (Å²) in [6.07, 6.45) is 9.38. The van der Waals surface area contributed by atoms with Gasteiger partial charge in [0.05, 0.1) is 5.69 Å². The number of ether oxygens (including phenoxy) is 1. The van der Waals surface area contributed by atoms with Crippen LogP contribution in [0.15, 0.2) is 40.5 Å². The molecule has 0 aliphatic carbocycles. The van der Waals surface area contributed by atoms with E-state index in [0.717, 1.165) is 54.9 Å². The van der Waals surface area contributed by atoms with E-state index in [0.29, 0.717) is 13.3 Å². The third-order valence-electron chi connectivity index (χ3n) is 5.82. The van der Waals surface area contributed by atoms with E-state index in [4.69, 9.17) is 9.84 Å². The normalized spacial score (nSPS) is 17.2. The van der Waals surface area contributed by atoms with Gasteiger partial charge in [-0.25, -0.2) is 9.97 Å². The quantitative estimate of drug-likeness (QED) is 0.654. The molecule has 0 radical (unpaired) electrons. The maximum Gasteiger partial charge on any atom is 0.168 e. The Labute approximate surface area is 177 Å². The highest BCUT2D eigenvalue weighted by molar-refractivity contribution is 7.99. The molecule has 1 saturated heterocycles. The Morgan fingerprint density at radius 3 is 2.79 bits per heavy atom. The van der Waals surface area contributed by atoms with E-state index in [1.165, 1.54) is 29.7 Å². The van der Waals surface area contributed by atoms with E-state index in [-0.39, 0.29) is 0 Å². The number of fused-ring (bicyclic) bond motifs is 2. The molecule has 3 heterocycles. The lowest BCUT2D eigenvalue weighted by Crippen LogP contribution is -2.33. The number of hydrogen-bond acceptors (Lipinski definition) is 7. The molecule has 7 heteroatoms. The molecule has 0 saturated carbocycles. The Kier molecular flexibility index (Phi) is 7.02. The van der Waals surface area contributed by atoms with Crippen LogP contribution in [-0.2, 0) is 11.3 Å². The molecular formula is C22H30N4O2S. The zero-order chi connectivity index (χ0) is 20.1. The lowest BCUT2D eigenvalue weighted by molar-refractivity contribution is 0.168. The largest absolute Gasteiger partial charge is 0.396 e. The molecule has 0 amide bonds. The first-order valence-electron chi connectivity index (χ1n) is 10.5. The van der Waals surface area contributed by atoms with Crippen molar-refractivity contribution in [3.8, 4) is 0 Å². The summed E-state index contributed by atoms with van der Waals surface area (Å²) in [5.41, 5.74) is 2.48. The highest BCUT2D eigenvalue weighted by Gasteiger charge is 2.26. The number of aliphatic hydroxyl groups excluding tert-OH is 1. The first-order chi connectivity index (χ1) is 14.3. The number of aliphatic hydroxyl groups is 1. The standard InChI is InChI=1S/C22H30N4O2S/c1-28-16-26-19-14-18(5-6-20(19)29-22-21(26)23-9-10-24-22)15-25-11-7-17(8-12-25)4-2-3-13-27/h5-6,9-10,14,17,27H,2-4,7-8,11-13,15-16H2,1H3. The average Bonchev–Trinajstić information content (AvgIpc) is 2.75. The van der Waals surface area contributed by atoms with Crippen molar-refractivity contribution in [2.45, 2.75) is 48.6 Å². The lowest BCUT2D eigenvalue weighted by atomic mass is 9.91. The van der Waals surface area contributed by atoms with Gasteiger partial charge < -0.3 is 9.84 Å². The Morgan fingerprint density at radius 1 is 1.17 bits per heavy atom. The monoisotopic (exact) mass is 414 g/mol. The van der Waals surface area contributed by atoms with Gasteiger partial charge in [-0.2, -0.15) is 0 Å². The van der Waals surface area contributed by atoms with Crippen LogP contribution >= 0.6 is 11.8 Å². The van der Waals surface area contributed by atoms with Crippen LogP contribution in [0.25, 0.3) is 0 Å². The van der Waals surface area contributed by atoms with E-state index >= 15 is 0 Å². The molecule has 1 aromatic carbocycles. The van der Waals surface area contributed by atoms with Gasteiger partial charge in [0.2, 0.25) is 0 Å². The molecule has 29 heavy (non-hydrogen) atoms. The summed E-state index contributed by atoms with van der Waals surface area (Å²) < 4.78 is 5.46. The zero-order valence-corrected chi connectivity index (χ0v) is 17.9. The molecule has 2 aliphatic heterocycles. The zero-order valence-electron chi connectivity index (χ0n) is 17.1. The summed E-state index contributed by atoms with van der Waals surface area (Å²) in [6, 6.07) is 6.73. The topological polar surface area (TPSA) is 61.7 Å². The second-order valence-electron chi connectivity index (χ2n) is 7.87. The number of benzene rings is 1. The predicted molar refractivity (Wildman–Crippen MR) is 116 cm³/mol. The van der Waals surface area contributed by atoms with Gasteiger partial charge in [-0.3, -0.25) is 9.80 Å². The molecule has 156 valence electrons. The summed E-state index contributed by atoms with van der Waals surface area (Å²) in [5.74, 6) is 1.69. The minimum absolute atomic E-state index is 0.325. The van der Waals surface area contributed by atoms with Crippen molar-refractivity contribution in [2.75, 3.05) is 38.4 Å². The Morgan fingerprint density at radius 2 is 2.00 bits per heavy atom. The van der Waals surface area contributed by atoms with E-state index in [1.807, 2.05) is 0 Å². The van der Waals surface area contributed by atoms with Crippen molar-refractivity contribution in [3.05, 3.63) is 36.2 Å². The Bertz CT molecular complexity index is 811.